The van der Waals surface area contributed by atoms with E-state index in [2.05, 4.69) is 5.32 Å². The van der Waals surface area contributed by atoms with E-state index in [1.807, 2.05) is 0 Å². The van der Waals surface area contributed by atoms with Gasteiger partial charge in [0, 0.05) is 16.8 Å². The van der Waals surface area contributed by atoms with Crippen LogP contribution in [0, 0.1) is 20.8 Å². The standard InChI is InChI=1S/C18H20N2O5/c1-9-10(2)24-11(3)15(9)18(23)25-12(4)17(22)20-14-7-5-13(6-8-14)16(19)21/h5-8,12H,1-4H3,(H2,19,21)(H,20,22)/t12-/m1/s1. The topological polar surface area (TPSA) is 112 Å². The molecule has 7 heteroatoms. The van der Waals surface area contributed by atoms with Gasteiger partial charge in [-0.1, -0.05) is 0 Å². The second-order valence-electron chi connectivity index (χ2n) is 5.69. The normalized spacial score (nSPS) is 11.7. The molecule has 3 N–H and O–H groups in total. The number of hydrogen-bond donors (Lipinski definition) is 2. The molecule has 0 bridgehead atoms. The van der Waals surface area contributed by atoms with E-state index in [0.29, 0.717) is 33.9 Å². The molecule has 0 radical (unpaired) electrons. The third-order valence-electron chi connectivity index (χ3n) is 3.86. The number of furan rings is 1. The molecule has 7 nitrogen and oxygen atoms in total. The number of nitrogens with one attached hydrogen (secondary N) is 1. The predicted octanol–water partition coefficient (Wildman–Crippen LogP) is 2.49. The van der Waals surface area contributed by atoms with E-state index >= 15 is 0 Å². The van der Waals surface area contributed by atoms with Crippen LogP contribution in [0.25, 0.3) is 0 Å². The lowest BCUT2D eigenvalue weighted by molar-refractivity contribution is -0.123. The number of hydrogen-bond acceptors (Lipinski definition) is 5. The van der Waals surface area contributed by atoms with Crippen molar-refractivity contribution in [3.63, 3.8) is 0 Å². The van der Waals surface area contributed by atoms with Crippen molar-refractivity contribution in [1.82, 2.24) is 0 Å². The number of rotatable bonds is 5. The van der Waals surface area contributed by atoms with Gasteiger partial charge in [0.25, 0.3) is 5.91 Å². The van der Waals surface area contributed by atoms with Crippen LogP contribution in [0.4, 0.5) is 5.69 Å². The first-order chi connectivity index (χ1) is 11.7. The molecule has 0 aliphatic heterocycles. The van der Waals surface area contributed by atoms with Crippen molar-refractivity contribution in [2.75, 3.05) is 5.32 Å². The minimum atomic E-state index is -1.00. The SMILES string of the molecule is Cc1oc(C)c(C(=O)O[C@H](C)C(=O)Nc2ccc(C(N)=O)cc2)c1C. The number of benzene rings is 1. The number of carbonyl (C=O) groups excluding carboxylic acids is 3. The smallest absolute Gasteiger partial charge is 0.342 e. The number of anilines is 1. The first kappa shape index (κ1) is 18.3. The Labute approximate surface area is 145 Å². The molecule has 0 saturated carbocycles. The zero-order valence-electron chi connectivity index (χ0n) is 14.5. The molecule has 1 aromatic carbocycles. The predicted molar refractivity (Wildman–Crippen MR) is 91.4 cm³/mol. The van der Waals surface area contributed by atoms with E-state index < -0.39 is 23.9 Å². The van der Waals surface area contributed by atoms with Gasteiger partial charge in [-0.2, -0.15) is 0 Å². The maximum atomic E-state index is 12.3. The fraction of sp³-hybridized carbons (Fsp3) is 0.278. The molecular formula is C18H20N2O5. The molecular weight excluding hydrogens is 324 g/mol. The Balaban J connectivity index is 2.02. The fourth-order valence-electron chi connectivity index (χ4n) is 2.33. The van der Waals surface area contributed by atoms with Crippen LogP contribution in [0.1, 0.15) is 44.7 Å². The number of nitrogens with two attached hydrogens (primary N) is 1. The highest BCUT2D eigenvalue weighted by atomic mass is 16.5. The molecule has 0 saturated heterocycles. The molecule has 0 spiro atoms. The number of aryl methyl sites for hydroxylation is 2. The number of ether oxygens (including phenoxy) is 1. The molecule has 1 atom stereocenters. The summed E-state index contributed by atoms with van der Waals surface area (Å²) >= 11 is 0. The lowest BCUT2D eigenvalue weighted by atomic mass is 10.1. The highest BCUT2D eigenvalue weighted by Gasteiger charge is 2.24. The Morgan fingerprint density at radius 2 is 1.68 bits per heavy atom. The Hall–Kier alpha value is -3.09. The fourth-order valence-corrected chi connectivity index (χ4v) is 2.33. The molecule has 25 heavy (non-hydrogen) atoms. The summed E-state index contributed by atoms with van der Waals surface area (Å²) in [6, 6.07) is 6.08. The van der Waals surface area contributed by atoms with Crippen LogP contribution in [-0.4, -0.2) is 23.9 Å². The molecule has 132 valence electrons. The molecule has 0 unspecified atom stereocenters. The van der Waals surface area contributed by atoms with Gasteiger partial charge in [-0.25, -0.2) is 4.79 Å². The largest absolute Gasteiger partial charge is 0.465 e. The quantitative estimate of drug-likeness (QED) is 0.809. The second kappa shape index (κ2) is 7.21. The second-order valence-corrected chi connectivity index (χ2v) is 5.69. The summed E-state index contributed by atoms with van der Waals surface area (Å²) in [5.74, 6) is -0.568. The van der Waals surface area contributed by atoms with Gasteiger partial charge >= 0.3 is 5.97 Å². The third-order valence-corrected chi connectivity index (χ3v) is 3.86. The molecule has 0 fully saturated rings. The van der Waals surface area contributed by atoms with E-state index in [0.717, 1.165) is 0 Å². The van der Waals surface area contributed by atoms with Gasteiger partial charge in [-0.05, 0) is 52.0 Å². The molecule has 2 aromatic rings. The zero-order valence-corrected chi connectivity index (χ0v) is 14.5. The van der Waals surface area contributed by atoms with Gasteiger partial charge in [-0.3, -0.25) is 9.59 Å². The number of carbonyl (C=O) groups is 3. The molecule has 2 amide bonds. The Morgan fingerprint density at radius 1 is 1.08 bits per heavy atom. The van der Waals surface area contributed by atoms with Crippen molar-refractivity contribution in [1.29, 1.82) is 0 Å². The van der Waals surface area contributed by atoms with Crippen LogP contribution < -0.4 is 11.1 Å². The maximum Gasteiger partial charge on any atom is 0.342 e. The van der Waals surface area contributed by atoms with E-state index in [1.54, 1.807) is 32.9 Å². The first-order valence-electron chi connectivity index (χ1n) is 7.69. The Bertz CT molecular complexity index is 821. The summed E-state index contributed by atoms with van der Waals surface area (Å²) in [4.78, 5) is 35.5. The number of primary amides is 1. The van der Waals surface area contributed by atoms with Crippen LogP contribution in [0.15, 0.2) is 28.7 Å². The van der Waals surface area contributed by atoms with Crippen LogP contribution in [0.2, 0.25) is 0 Å². The van der Waals surface area contributed by atoms with Gasteiger partial charge in [0.05, 0.1) is 0 Å². The van der Waals surface area contributed by atoms with Crippen LogP contribution in [0.5, 0.6) is 0 Å². The summed E-state index contributed by atoms with van der Waals surface area (Å²) in [7, 11) is 0. The maximum absolute atomic E-state index is 12.3. The number of amides is 2. The van der Waals surface area contributed by atoms with Crippen molar-refractivity contribution < 1.29 is 23.5 Å². The highest BCUT2D eigenvalue weighted by Crippen LogP contribution is 2.22. The average Bonchev–Trinajstić information content (AvgIpc) is 2.80. The minimum Gasteiger partial charge on any atom is -0.465 e. The summed E-state index contributed by atoms with van der Waals surface area (Å²) in [5, 5.41) is 2.61. The van der Waals surface area contributed by atoms with E-state index in [9.17, 15) is 14.4 Å². The van der Waals surface area contributed by atoms with E-state index in [-0.39, 0.29) is 0 Å². The van der Waals surface area contributed by atoms with Gasteiger partial charge in [0.1, 0.15) is 17.1 Å². The number of esters is 1. The van der Waals surface area contributed by atoms with Gasteiger partial charge < -0.3 is 20.2 Å². The monoisotopic (exact) mass is 344 g/mol. The third kappa shape index (κ3) is 4.06. The zero-order chi connectivity index (χ0) is 18.7. The van der Waals surface area contributed by atoms with Crippen LogP contribution >= 0.6 is 0 Å². The minimum absolute atomic E-state index is 0.332. The van der Waals surface area contributed by atoms with Crippen molar-refractivity contribution in [3.05, 3.63) is 52.5 Å². The van der Waals surface area contributed by atoms with Crippen molar-refractivity contribution in [2.45, 2.75) is 33.8 Å². The van der Waals surface area contributed by atoms with Gasteiger partial charge in [-0.15, -0.1) is 0 Å². The molecule has 1 aromatic heterocycles. The molecule has 2 rings (SSSR count). The average molecular weight is 344 g/mol. The van der Waals surface area contributed by atoms with Gasteiger partial charge in [0.15, 0.2) is 6.10 Å². The highest BCUT2D eigenvalue weighted by molar-refractivity contribution is 5.99. The van der Waals surface area contributed by atoms with Crippen LogP contribution in [-0.2, 0) is 9.53 Å². The van der Waals surface area contributed by atoms with Crippen molar-refractivity contribution in [2.24, 2.45) is 5.73 Å². The van der Waals surface area contributed by atoms with E-state index in [4.69, 9.17) is 14.9 Å². The summed E-state index contributed by atoms with van der Waals surface area (Å²) < 4.78 is 10.6. The van der Waals surface area contributed by atoms with Crippen LogP contribution in [0.3, 0.4) is 0 Å². The molecule has 0 aliphatic rings. The lowest BCUT2D eigenvalue weighted by Gasteiger charge is -2.14. The summed E-state index contributed by atoms with van der Waals surface area (Å²) in [6.45, 7) is 6.66. The first-order valence-corrected chi connectivity index (χ1v) is 7.69. The van der Waals surface area contributed by atoms with E-state index in [1.165, 1.54) is 19.1 Å². The summed E-state index contributed by atoms with van der Waals surface area (Å²) in [6.07, 6.45) is -1.00. The molecule has 1 heterocycles. The lowest BCUT2D eigenvalue weighted by Crippen LogP contribution is -2.30. The van der Waals surface area contributed by atoms with Crippen molar-refractivity contribution in [3.8, 4) is 0 Å². The van der Waals surface area contributed by atoms with Crippen molar-refractivity contribution >= 4 is 23.5 Å². The van der Waals surface area contributed by atoms with Gasteiger partial charge in [0.2, 0.25) is 5.91 Å². The Kier molecular flexibility index (Phi) is 5.26. The summed E-state index contributed by atoms with van der Waals surface area (Å²) in [5.41, 5.74) is 6.98. The molecule has 0 aliphatic carbocycles. The Morgan fingerprint density at radius 3 is 2.16 bits per heavy atom.